The van der Waals surface area contributed by atoms with Gasteiger partial charge in [-0.2, -0.15) is 0 Å². The summed E-state index contributed by atoms with van der Waals surface area (Å²) in [6, 6.07) is 3.81. The third-order valence-electron chi connectivity index (χ3n) is 5.34. The fourth-order valence-corrected chi connectivity index (χ4v) is 3.72. The molecule has 0 saturated carbocycles. The predicted molar refractivity (Wildman–Crippen MR) is 109 cm³/mol. The molecule has 0 amide bonds. The summed E-state index contributed by atoms with van der Waals surface area (Å²) in [5, 5.41) is 0.720. The van der Waals surface area contributed by atoms with Crippen LogP contribution in [0.1, 0.15) is 63.2 Å². The van der Waals surface area contributed by atoms with Gasteiger partial charge in [-0.05, 0) is 29.0 Å². The molecule has 152 valence electrons. The van der Waals surface area contributed by atoms with E-state index in [1.54, 1.807) is 27.4 Å². The number of methoxy groups -OCH3 is 3. The lowest BCUT2D eigenvalue weighted by Gasteiger charge is -2.34. The number of carbonyl (C=O) groups excluding carboxylic acids is 1. The normalized spacial score (nSPS) is 16.9. The highest BCUT2D eigenvalue weighted by Crippen LogP contribution is 2.48. The molecule has 1 aliphatic rings. The van der Waals surface area contributed by atoms with Crippen LogP contribution in [-0.2, 0) is 20.7 Å². The molecule has 0 N–H and O–H groups in total. The van der Waals surface area contributed by atoms with Gasteiger partial charge in [0.15, 0.2) is 11.5 Å². The highest BCUT2D eigenvalue weighted by atomic mass is 16.7. The standard InChI is InChI=1S/C23H30O5/c1-21(2,3)15-11-13(25-7)10-14-17-18(24)16(22(4,5)6)12-23(26-8,27-9)20(17)28-19(14)15/h10-12H,1-9H3. The van der Waals surface area contributed by atoms with E-state index in [-0.39, 0.29) is 16.6 Å². The number of fused-ring (bicyclic) bond motifs is 3. The van der Waals surface area contributed by atoms with Crippen molar-refractivity contribution in [1.82, 2.24) is 0 Å². The van der Waals surface area contributed by atoms with Gasteiger partial charge in [0, 0.05) is 30.7 Å². The van der Waals surface area contributed by atoms with E-state index in [2.05, 4.69) is 20.8 Å². The number of allylic oxidation sites excluding steroid dienone is 1. The number of hydrogen-bond donors (Lipinski definition) is 0. The van der Waals surface area contributed by atoms with Crippen molar-refractivity contribution in [2.75, 3.05) is 21.3 Å². The molecule has 1 heterocycles. The summed E-state index contributed by atoms with van der Waals surface area (Å²) >= 11 is 0. The second-order valence-electron chi connectivity index (χ2n) is 9.32. The monoisotopic (exact) mass is 386 g/mol. The summed E-state index contributed by atoms with van der Waals surface area (Å²) in [6.45, 7) is 12.3. The number of ketones is 1. The molecule has 0 radical (unpaired) electrons. The van der Waals surface area contributed by atoms with Crippen LogP contribution in [0.4, 0.5) is 0 Å². The lowest BCUT2D eigenvalue weighted by Crippen LogP contribution is -2.36. The van der Waals surface area contributed by atoms with Crippen molar-refractivity contribution in [2.24, 2.45) is 5.41 Å². The van der Waals surface area contributed by atoms with E-state index in [4.69, 9.17) is 18.6 Å². The van der Waals surface area contributed by atoms with E-state index in [9.17, 15) is 4.79 Å². The van der Waals surface area contributed by atoms with Crippen molar-refractivity contribution in [3.05, 3.63) is 40.7 Å². The Morgan fingerprint density at radius 3 is 2.00 bits per heavy atom. The van der Waals surface area contributed by atoms with Crippen LogP contribution in [0.5, 0.6) is 5.75 Å². The molecule has 5 nitrogen and oxygen atoms in total. The van der Waals surface area contributed by atoms with Gasteiger partial charge in [0.05, 0.1) is 12.7 Å². The molecule has 0 bridgehead atoms. The number of benzene rings is 1. The van der Waals surface area contributed by atoms with Gasteiger partial charge in [-0.25, -0.2) is 0 Å². The van der Waals surface area contributed by atoms with Gasteiger partial charge in [0.1, 0.15) is 11.3 Å². The zero-order valence-corrected chi connectivity index (χ0v) is 18.3. The first-order chi connectivity index (χ1) is 12.9. The molecule has 1 aliphatic carbocycles. The van der Waals surface area contributed by atoms with Crippen LogP contribution in [0.15, 0.2) is 28.2 Å². The Morgan fingerprint density at radius 1 is 0.929 bits per heavy atom. The van der Waals surface area contributed by atoms with Gasteiger partial charge in [-0.3, -0.25) is 4.79 Å². The van der Waals surface area contributed by atoms with Gasteiger partial charge in [-0.1, -0.05) is 41.5 Å². The molecule has 0 aliphatic heterocycles. The first kappa shape index (κ1) is 20.6. The maximum atomic E-state index is 13.5. The Labute approximate surface area is 166 Å². The molecule has 1 aromatic carbocycles. The summed E-state index contributed by atoms with van der Waals surface area (Å²) in [5.74, 6) is -0.266. The van der Waals surface area contributed by atoms with Crippen LogP contribution in [0.3, 0.4) is 0 Å². The lowest BCUT2D eigenvalue weighted by atomic mass is 9.76. The van der Waals surface area contributed by atoms with Crippen molar-refractivity contribution >= 4 is 16.8 Å². The van der Waals surface area contributed by atoms with Crippen molar-refractivity contribution < 1.29 is 23.4 Å². The van der Waals surface area contributed by atoms with Crippen molar-refractivity contribution in [3.63, 3.8) is 0 Å². The van der Waals surface area contributed by atoms with Crippen LogP contribution < -0.4 is 4.74 Å². The van der Waals surface area contributed by atoms with Crippen LogP contribution >= 0.6 is 0 Å². The molecule has 3 rings (SSSR count). The molecule has 0 unspecified atom stereocenters. The second kappa shape index (κ2) is 6.46. The van der Waals surface area contributed by atoms with Gasteiger partial charge >= 0.3 is 0 Å². The molecule has 1 aromatic heterocycles. The molecule has 0 fully saturated rings. The maximum Gasteiger partial charge on any atom is 0.249 e. The van der Waals surface area contributed by atoms with Crippen LogP contribution in [-0.4, -0.2) is 27.1 Å². The number of furan rings is 1. The van der Waals surface area contributed by atoms with Crippen molar-refractivity contribution in [1.29, 1.82) is 0 Å². The quantitative estimate of drug-likeness (QED) is 0.665. The van der Waals surface area contributed by atoms with Gasteiger partial charge < -0.3 is 18.6 Å². The van der Waals surface area contributed by atoms with Gasteiger partial charge in [0.2, 0.25) is 5.79 Å². The minimum absolute atomic E-state index is 0.0703. The van der Waals surface area contributed by atoms with E-state index in [0.29, 0.717) is 28.2 Å². The van der Waals surface area contributed by atoms with E-state index in [1.165, 1.54) is 0 Å². The third-order valence-corrected chi connectivity index (χ3v) is 5.34. The summed E-state index contributed by atoms with van der Waals surface area (Å²) in [6.07, 6.45) is 1.74. The fraction of sp³-hybridized carbons (Fsp3) is 0.522. The molecular weight excluding hydrogens is 356 g/mol. The number of rotatable bonds is 3. The Kier molecular flexibility index (Phi) is 4.76. The molecule has 5 heteroatoms. The van der Waals surface area contributed by atoms with Gasteiger partial charge in [0.25, 0.3) is 0 Å². The average molecular weight is 386 g/mol. The fourth-order valence-electron chi connectivity index (χ4n) is 3.72. The highest BCUT2D eigenvalue weighted by Gasteiger charge is 2.47. The molecule has 2 aromatic rings. The minimum atomic E-state index is -1.26. The Morgan fingerprint density at radius 2 is 1.54 bits per heavy atom. The average Bonchev–Trinajstić information content (AvgIpc) is 3.00. The second-order valence-corrected chi connectivity index (χ2v) is 9.32. The Balaban J connectivity index is 2.47. The van der Waals surface area contributed by atoms with E-state index >= 15 is 0 Å². The van der Waals surface area contributed by atoms with Crippen LogP contribution in [0, 0.1) is 5.41 Å². The first-order valence-electron chi connectivity index (χ1n) is 9.43. The summed E-state index contributed by atoms with van der Waals surface area (Å²) < 4.78 is 23.4. The zero-order valence-electron chi connectivity index (χ0n) is 18.3. The number of carbonyl (C=O) groups is 1. The van der Waals surface area contributed by atoms with Gasteiger partial charge in [-0.15, -0.1) is 0 Å². The Bertz CT molecular complexity index is 960. The summed E-state index contributed by atoms with van der Waals surface area (Å²) in [5.41, 5.74) is 2.14. The summed E-state index contributed by atoms with van der Waals surface area (Å²) in [4.78, 5) is 13.5. The highest BCUT2D eigenvalue weighted by molar-refractivity contribution is 6.19. The van der Waals surface area contributed by atoms with Crippen LogP contribution in [0.2, 0.25) is 0 Å². The largest absolute Gasteiger partial charge is 0.497 e. The molecular formula is C23H30O5. The topological polar surface area (TPSA) is 57.9 Å². The summed E-state index contributed by atoms with van der Waals surface area (Å²) in [7, 11) is 4.73. The Hall–Kier alpha value is -2.11. The van der Waals surface area contributed by atoms with E-state index in [1.807, 2.05) is 32.9 Å². The van der Waals surface area contributed by atoms with Crippen LogP contribution in [0.25, 0.3) is 11.0 Å². The van der Waals surface area contributed by atoms with Crippen molar-refractivity contribution in [2.45, 2.75) is 52.7 Å². The number of Topliss-reactive ketones (excluding diaryl/α,β-unsaturated/α-hetero) is 1. The van der Waals surface area contributed by atoms with E-state index in [0.717, 1.165) is 10.9 Å². The number of hydrogen-bond acceptors (Lipinski definition) is 5. The third kappa shape index (κ3) is 2.97. The zero-order chi connectivity index (χ0) is 21.1. The maximum absolute atomic E-state index is 13.5. The smallest absolute Gasteiger partial charge is 0.249 e. The first-order valence-corrected chi connectivity index (χ1v) is 9.43. The molecule has 28 heavy (non-hydrogen) atoms. The molecule has 0 atom stereocenters. The van der Waals surface area contributed by atoms with Crippen molar-refractivity contribution in [3.8, 4) is 5.75 Å². The lowest BCUT2D eigenvalue weighted by molar-refractivity contribution is -0.190. The number of ether oxygens (including phenoxy) is 3. The predicted octanol–water partition coefficient (Wildman–Crippen LogP) is 5.35. The molecule has 0 saturated heterocycles. The minimum Gasteiger partial charge on any atom is -0.497 e. The molecule has 0 spiro atoms. The van der Waals surface area contributed by atoms with E-state index < -0.39 is 5.79 Å². The SMILES string of the molecule is COc1cc(C(C)(C)C)c2oc3c(c2c1)C(=O)C(C(C)(C)C)=CC3(OC)OC.